The lowest BCUT2D eigenvalue weighted by atomic mass is 9.92. The Morgan fingerprint density at radius 2 is 0.495 bits per heavy atom. The van der Waals surface area contributed by atoms with E-state index in [4.69, 9.17) is 19.9 Å². The van der Waals surface area contributed by atoms with Gasteiger partial charge in [-0.1, -0.05) is 249 Å². The first-order valence-corrected chi connectivity index (χ1v) is 33.6. The van der Waals surface area contributed by atoms with E-state index in [1.54, 1.807) is 0 Å². The summed E-state index contributed by atoms with van der Waals surface area (Å²) in [5.74, 6) is 0. The lowest BCUT2D eigenvalue weighted by Gasteiger charge is -2.19. The summed E-state index contributed by atoms with van der Waals surface area (Å²) in [6.07, 6.45) is 4.09. The zero-order valence-electron chi connectivity index (χ0n) is 53.7. The summed E-state index contributed by atoms with van der Waals surface area (Å²) in [5, 5.41) is 7.15. The van der Waals surface area contributed by atoms with Crippen LogP contribution in [-0.4, -0.2) is 33.6 Å². The summed E-state index contributed by atoms with van der Waals surface area (Å²) >= 11 is 0. The molecule has 19 rings (SSSR count). The first kappa shape index (κ1) is 57.1. The van der Waals surface area contributed by atoms with Crippen molar-refractivity contribution in [3.05, 3.63) is 358 Å². The first-order chi connectivity index (χ1) is 49.1. The van der Waals surface area contributed by atoms with Crippen LogP contribution in [0.5, 0.6) is 0 Å². The monoisotopic (exact) mass is 1260 g/mol. The van der Waals surface area contributed by atoms with Gasteiger partial charge in [0, 0.05) is 94.4 Å². The largest absolute Gasteiger partial charge is 0.309 e. The van der Waals surface area contributed by atoms with Crippen LogP contribution >= 0.6 is 0 Å². The van der Waals surface area contributed by atoms with Crippen LogP contribution < -0.4 is 0 Å². The molecule has 0 fully saturated rings. The summed E-state index contributed by atoms with van der Waals surface area (Å²) in [4.78, 5) is 21.4. The molecule has 99 heavy (non-hydrogen) atoms. The van der Waals surface area contributed by atoms with Gasteiger partial charge in [-0.25, -0.2) is 15.0 Å². The van der Waals surface area contributed by atoms with E-state index in [-0.39, 0.29) is 0 Å². The van der Waals surface area contributed by atoms with Gasteiger partial charge in [-0.05, 0) is 119 Å². The molecule has 0 amide bonds. The zero-order chi connectivity index (χ0) is 65.3. The number of para-hydroxylation sites is 4. The Kier molecular flexibility index (Phi) is 13.7. The van der Waals surface area contributed by atoms with E-state index >= 15 is 0 Å². The fourth-order valence-corrected chi connectivity index (χ4v) is 14.9. The smallest absolute Gasteiger partial charge is 0.0730 e. The van der Waals surface area contributed by atoms with Crippen molar-refractivity contribution < 1.29 is 0 Å². The molecule has 0 radical (unpaired) electrons. The lowest BCUT2D eigenvalue weighted by Crippen LogP contribution is -2.01. The first-order valence-electron chi connectivity index (χ1n) is 33.6. The van der Waals surface area contributed by atoms with Crippen LogP contribution in [0.4, 0.5) is 0 Å². The minimum Gasteiger partial charge on any atom is -0.309 e. The molecule has 0 saturated carbocycles. The van der Waals surface area contributed by atoms with Gasteiger partial charge in [0.2, 0.25) is 0 Å². The van der Waals surface area contributed by atoms with Gasteiger partial charge in [-0.3, -0.25) is 4.98 Å². The van der Waals surface area contributed by atoms with Gasteiger partial charge in [0.25, 0.3) is 0 Å². The van der Waals surface area contributed by atoms with Crippen molar-refractivity contribution in [3.8, 4) is 118 Å². The molecule has 7 aromatic heterocycles. The minimum absolute atomic E-state index is 0.819. The third-order valence-electron chi connectivity index (χ3n) is 19.5. The Morgan fingerprint density at radius 3 is 0.869 bits per heavy atom. The SMILES string of the molecule is c1ccc(-c2cc(-c3cc(-c4ccc(-c5c(-c6ccccc6)cncc5-n5c6ccc(-n7c8ccccc8c8ccccc87)cc6c6cc(-n7c8ccccc8c8ccccc87)ccc65)cc4)cc(-c4cc(-c5ccccc5)nc(-c5ccccc5)c4)n3)cc(-c3ccccc3)n2)cc1. The zero-order valence-corrected chi connectivity index (χ0v) is 53.7. The Bertz CT molecular complexity index is 5780. The summed E-state index contributed by atoms with van der Waals surface area (Å²) in [5.41, 5.74) is 27.3. The number of aromatic nitrogens is 7. The number of hydrogen-bond acceptors (Lipinski definition) is 4. The summed E-state index contributed by atoms with van der Waals surface area (Å²) < 4.78 is 7.29. The number of fused-ring (bicyclic) bond motifs is 9. The quantitative estimate of drug-likeness (QED) is 0.122. The van der Waals surface area contributed by atoms with Crippen molar-refractivity contribution >= 4 is 65.4 Å². The van der Waals surface area contributed by atoms with E-state index in [9.17, 15) is 0 Å². The van der Waals surface area contributed by atoms with Crippen molar-refractivity contribution in [2.75, 3.05) is 0 Å². The van der Waals surface area contributed by atoms with Gasteiger partial charge in [0.05, 0.1) is 79.1 Å². The van der Waals surface area contributed by atoms with E-state index in [2.05, 4.69) is 341 Å². The predicted octanol–water partition coefficient (Wildman–Crippen LogP) is 23.6. The molecular formula is C92H59N7. The van der Waals surface area contributed by atoms with Crippen LogP contribution in [0, 0.1) is 0 Å². The average Bonchev–Trinajstić information content (AvgIpc) is 1.57. The molecule has 0 N–H and O–H groups in total. The molecule has 0 atom stereocenters. The highest BCUT2D eigenvalue weighted by molar-refractivity contribution is 6.15. The van der Waals surface area contributed by atoms with Gasteiger partial charge in [0.1, 0.15) is 0 Å². The fraction of sp³-hybridized carbons (Fsp3) is 0. The van der Waals surface area contributed by atoms with Crippen LogP contribution in [0.25, 0.3) is 183 Å². The lowest BCUT2D eigenvalue weighted by molar-refractivity contribution is 1.14. The molecule has 0 saturated heterocycles. The molecule has 0 aliphatic carbocycles. The number of pyridine rings is 4. The van der Waals surface area contributed by atoms with E-state index in [1.165, 1.54) is 21.5 Å². The molecule has 19 aromatic rings. The Morgan fingerprint density at radius 1 is 0.192 bits per heavy atom. The van der Waals surface area contributed by atoms with Crippen LogP contribution in [0.2, 0.25) is 0 Å². The second kappa shape index (κ2) is 23.8. The van der Waals surface area contributed by atoms with E-state index in [0.29, 0.717) is 0 Å². The van der Waals surface area contributed by atoms with Crippen molar-refractivity contribution in [1.29, 1.82) is 0 Å². The molecule has 0 aliphatic rings. The maximum Gasteiger partial charge on any atom is 0.0730 e. The molecule has 0 spiro atoms. The highest BCUT2D eigenvalue weighted by Gasteiger charge is 2.24. The number of hydrogen-bond donors (Lipinski definition) is 0. The van der Waals surface area contributed by atoms with Crippen LogP contribution in [0.1, 0.15) is 0 Å². The summed E-state index contributed by atoms with van der Waals surface area (Å²) in [7, 11) is 0. The molecule has 0 unspecified atom stereocenters. The molecule has 7 heteroatoms. The molecular weight excluding hydrogens is 1200 g/mol. The van der Waals surface area contributed by atoms with E-state index in [1.807, 2.05) is 30.5 Å². The number of nitrogens with zero attached hydrogens (tertiary/aromatic N) is 7. The van der Waals surface area contributed by atoms with Gasteiger partial charge >= 0.3 is 0 Å². The Hall–Kier alpha value is -13.4. The number of rotatable bonds is 12. The Balaban J connectivity index is 0.822. The third kappa shape index (κ3) is 9.98. The van der Waals surface area contributed by atoms with Crippen molar-refractivity contribution in [3.63, 3.8) is 0 Å². The van der Waals surface area contributed by atoms with Crippen molar-refractivity contribution in [2.24, 2.45) is 0 Å². The topological polar surface area (TPSA) is 66.3 Å². The second-order valence-electron chi connectivity index (χ2n) is 25.3. The minimum atomic E-state index is 0.819. The highest BCUT2D eigenvalue weighted by Crippen LogP contribution is 2.45. The van der Waals surface area contributed by atoms with Gasteiger partial charge in [-0.15, -0.1) is 0 Å². The maximum atomic E-state index is 5.66. The normalized spacial score (nSPS) is 11.6. The molecule has 7 heterocycles. The van der Waals surface area contributed by atoms with E-state index in [0.717, 1.165) is 162 Å². The van der Waals surface area contributed by atoms with E-state index < -0.39 is 0 Å². The van der Waals surface area contributed by atoms with Gasteiger partial charge < -0.3 is 13.7 Å². The summed E-state index contributed by atoms with van der Waals surface area (Å²) in [6, 6.07) is 124. The van der Waals surface area contributed by atoms with Crippen molar-refractivity contribution in [1.82, 2.24) is 33.6 Å². The van der Waals surface area contributed by atoms with Gasteiger partial charge in [0.15, 0.2) is 0 Å². The van der Waals surface area contributed by atoms with Crippen LogP contribution in [-0.2, 0) is 0 Å². The third-order valence-corrected chi connectivity index (χ3v) is 19.5. The average molecular weight is 1260 g/mol. The molecule has 7 nitrogen and oxygen atoms in total. The molecule has 462 valence electrons. The van der Waals surface area contributed by atoms with Crippen LogP contribution in [0.3, 0.4) is 0 Å². The molecule has 0 aliphatic heterocycles. The van der Waals surface area contributed by atoms with Gasteiger partial charge in [-0.2, -0.15) is 0 Å². The standard InChI is InChI=1S/C92H59N7/c1-6-24-61(25-7-1)78-58-93-59-91(99-89-48-46-70(97-85-38-20-16-34-72(85)73-35-17-21-39-86(73)97)56-76(89)77-57-71(47-49-90(77)99)98-87-40-22-18-36-74(87)75-37-19-23-41-88(75)98)92(78)66-44-42-60(43-45-66)67-50-83(68-52-79(62-26-8-2-9-27-62)94-80(53-68)63-28-10-3-11-29-63)96-84(51-67)69-54-81(64-30-12-4-13-31-64)95-82(55-69)65-32-14-5-15-33-65/h1-59H. The molecule has 0 bridgehead atoms. The highest BCUT2D eigenvalue weighted by atomic mass is 15.0. The fourth-order valence-electron chi connectivity index (χ4n) is 14.9. The Labute approximate surface area is 571 Å². The predicted molar refractivity (Wildman–Crippen MR) is 410 cm³/mol. The van der Waals surface area contributed by atoms with Crippen molar-refractivity contribution in [2.45, 2.75) is 0 Å². The molecule has 12 aromatic carbocycles. The van der Waals surface area contributed by atoms with Crippen LogP contribution in [0.15, 0.2) is 358 Å². The second-order valence-corrected chi connectivity index (χ2v) is 25.3. The summed E-state index contributed by atoms with van der Waals surface area (Å²) in [6.45, 7) is 0. The number of benzene rings is 12. The maximum absolute atomic E-state index is 5.66.